The van der Waals surface area contributed by atoms with E-state index in [0.29, 0.717) is 3.57 Å². The summed E-state index contributed by atoms with van der Waals surface area (Å²) < 4.78 is 92.2. The first-order valence-electron chi connectivity index (χ1n) is 5.37. The van der Waals surface area contributed by atoms with Crippen molar-refractivity contribution >= 4 is 10.1 Å². The lowest BCUT2D eigenvalue weighted by Crippen LogP contribution is -3.67. The quantitative estimate of drug-likeness (QED) is 0.200. The van der Waals surface area contributed by atoms with Gasteiger partial charge >= 0.3 is 30.9 Å². The molecule has 0 amide bonds. The zero-order valence-corrected chi connectivity index (χ0v) is 14.4. The first-order valence-corrected chi connectivity index (χ1v) is 8.94. The normalized spacial score (nSPS) is 12.6. The van der Waals surface area contributed by atoms with Crippen LogP contribution in [0.1, 0.15) is 16.7 Å². The number of hydrogen-bond acceptors (Lipinski definition) is 3. The number of aryl methyl sites for hydroxylation is 3. The Morgan fingerprint density at radius 1 is 0.955 bits per heavy atom. The monoisotopic (exact) mass is 464 g/mol. The molecule has 0 aliphatic carbocycles. The summed E-state index contributed by atoms with van der Waals surface area (Å²) in [6.45, 7) is 5.40. The molecule has 0 bridgehead atoms. The highest BCUT2D eigenvalue weighted by Crippen LogP contribution is 2.20. The maximum absolute atomic E-state index is 12.3. The Labute approximate surface area is 133 Å². The van der Waals surface area contributed by atoms with Crippen molar-refractivity contribution in [1.82, 2.24) is 0 Å². The second-order valence-electron chi connectivity index (χ2n) is 4.14. The average molecular weight is 464 g/mol. The van der Waals surface area contributed by atoms with Gasteiger partial charge in [-0.25, -0.2) is 8.42 Å². The topological polar surface area (TPSA) is 57.2 Å². The number of alkyl halides is 7. The molecule has 3 nitrogen and oxygen atoms in total. The summed E-state index contributed by atoms with van der Waals surface area (Å²) in [5.74, 6) is 0. The molecule has 1 rings (SSSR count). The molecule has 0 aromatic heterocycles. The maximum atomic E-state index is 12.3. The summed E-state index contributed by atoms with van der Waals surface area (Å²) in [5, 5.41) is 0. The zero-order chi connectivity index (χ0) is 17.9. The van der Waals surface area contributed by atoms with Crippen LogP contribution in [0, 0.1) is 24.3 Å². The van der Waals surface area contributed by atoms with Gasteiger partial charge in [0, 0.05) is 11.1 Å². The van der Waals surface area contributed by atoms with Crippen molar-refractivity contribution in [2.75, 3.05) is 0 Å². The minimum atomic E-state index is -6.09. The fourth-order valence-electron chi connectivity index (χ4n) is 1.42. The molecular formula is C11H11F6IO3S. The summed E-state index contributed by atoms with van der Waals surface area (Å²) >= 11 is -1.87. The molecule has 0 unspecified atom stereocenters. The van der Waals surface area contributed by atoms with Gasteiger partial charge in [0.15, 0.2) is 10.1 Å². The molecule has 0 aliphatic rings. The van der Waals surface area contributed by atoms with E-state index in [1.807, 2.05) is 19.1 Å². The molecule has 0 heterocycles. The Bertz CT molecular complexity index is 599. The molecule has 0 aliphatic heterocycles. The van der Waals surface area contributed by atoms with Gasteiger partial charge in [0.1, 0.15) is 0 Å². The highest BCUT2D eigenvalue weighted by Gasteiger charge is 2.49. The van der Waals surface area contributed by atoms with Gasteiger partial charge in [0.25, 0.3) is 0 Å². The van der Waals surface area contributed by atoms with Crippen molar-refractivity contribution in [3.63, 3.8) is 0 Å². The van der Waals surface area contributed by atoms with Crippen molar-refractivity contribution < 1.29 is 60.5 Å². The number of benzene rings is 1. The standard InChI is InChI=1S/C10H11F3I.CHF3O3S/c1-6-4-7(2)9(8(3)5-6)14-10(11,12)13;2-1(3,4)8(5,6)7/h4-5H,1-3H3;(H,5,6,7)/q+1;/p-1. The summed E-state index contributed by atoms with van der Waals surface area (Å²) in [6.07, 6.45) is 0. The van der Waals surface area contributed by atoms with E-state index in [9.17, 15) is 26.3 Å². The molecule has 0 radical (unpaired) electrons. The molecule has 0 fully saturated rings. The van der Waals surface area contributed by atoms with Gasteiger partial charge in [-0.2, -0.15) is 13.2 Å². The second-order valence-corrected chi connectivity index (χ2v) is 8.35. The fraction of sp³-hybridized carbons (Fsp3) is 0.455. The fourth-order valence-corrected chi connectivity index (χ4v) is 3.19. The van der Waals surface area contributed by atoms with Crippen LogP contribution in [0.5, 0.6) is 0 Å². The Balaban J connectivity index is 0.000000472. The second kappa shape index (κ2) is 7.34. The molecule has 1 aromatic carbocycles. The van der Waals surface area contributed by atoms with E-state index in [-0.39, 0.29) is 0 Å². The zero-order valence-electron chi connectivity index (χ0n) is 11.4. The maximum Gasteiger partial charge on any atom is 0.609 e. The molecule has 128 valence electrons. The lowest BCUT2D eigenvalue weighted by molar-refractivity contribution is -0.793. The SMILES string of the molecule is Cc1cc(C)c([I+]C(F)(F)F)c(C)c1.O=S(=O)([O-])C(F)(F)F. The minimum Gasteiger partial charge on any atom is -0.741 e. The van der Waals surface area contributed by atoms with Crippen LogP contribution in [0.25, 0.3) is 0 Å². The summed E-state index contributed by atoms with van der Waals surface area (Å²) in [4.78, 5) is 0. The van der Waals surface area contributed by atoms with Crippen LogP contribution in [0.3, 0.4) is 0 Å². The molecule has 1 aromatic rings. The first kappa shape index (κ1) is 21.4. The van der Waals surface area contributed by atoms with Crippen LogP contribution >= 0.6 is 0 Å². The highest BCUT2D eigenvalue weighted by molar-refractivity contribution is 7.86. The van der Waals surface area contributed by atoms with Crippen LogP contribution in [0.4, 0.5) is 26.3 Å². The van der Waals surface area contributed by atoms with Crippen molar-refractivity contribution in [2.45, 2.75) is 30.5 Å². The predicted molar refractivity (Wildman–Crippen MR) is 61.2 cm³/mol. The molecule has 0 saturated heterocycles. The molecule has 11 heteroatoms. The Hall–Kier alpha value is -0.560. The largest absolute Gasteiger partial charge is 0.741 e. The van der Waals surface area contributed by atoms with Gasteiger partial charge in [-0.15, -0.1) is 13.2 Å². The average Bonchev–Trinajstić information content (AvgIpc) is 2.20. The predicted octanol–water partition coefficient (Wildman–Crippen LogP) is 0.442. The van der Waals surface area contributed by atoms with E-state index in [2.05, 4.69) is 0 Å². The van der Waals surface area contributed by atoms with E-state index in [4.69, 9.17) is 13.0 Å². The molecule has 22 heavy (non-hydrogen) atoms. The highest BCUT2D eigenvalue weighted by atomic mass is 127. The van der Waals surface area contributed by atoms with E-state index >= 15 is 0 Å². The minimum absolute atomic E-state index is 0.516. The van der Waals surface area contributed by atoms with E-state index in [1.165, 1.54) is 0 Å². The van der Waals surface area contributed by atoms with Crippen LogP contribution < -0.4 is 21.2 Å². The number of halogens is 7. The van der Waals surface area contributed by atoms with Crippen LogP contribution in [0.2, 0.25) is 0 Å². The summed E-state index contributed by atoms with van der Waals surface area (Å²) in [7, 11) is -6.09. The molecule has 0 saturated carbocycles. The van der Waals surface area contributed by atoms with Gasteiger partial charge in [-0.1, -0.05) is 17.7 Å². The van der Waals surface area contributed by atoms with Crippen molar-refractivity contribution in [2.24, 2.45) is 0 Å². The molecule has 0 spiro atoms. The first-order chi connectivity index (χ1) is 9.54. The molecule has 0 N–H and O–H groups in total. The van der Waals surface area contributed by atoms with Crippen molar-refractivity contribution in [3.05, 3.63) is 32.4 Å². The third-order valence-corrected chi connectivity index (χ3v) is 5.49. The van der Waals surface area contributed by atoms with Crippen LogP contribution in [-0.2, 0) is 10.1 Å². The van der Waals surface area contributed by atoms with E-state index in [1.54, 1.807) is 13.8 Å². The van der Waals surface area contributed by atoms with Crippen molar-refractivity contribution in [1.29, 1.82) is 0 Å². The van der Waals surface area contributed by atoms with Gasteiger partial charge in [0.05, 0.1) is 0 Å². The number of rotatable bonds is 1. The van der Waals surface area contributed by atoms with Gasteiger partial charge < -0.3 is 4.55 Å². The summed E-state index contributed by atoms with van der Waals surface area (Å²) in [6, 6.07) is 3.63. The molecular weight excluding hydrogens is 453 g/mol. The van der Waals surface area contributed by atoms with E-state index in [0.717, 1.165) is 16.7 Å². The van der Waals surface area contributed by atoms with Gasteiger partial charge in [0.2, 0.25) is 3.57 Å². The van der Waals surface area contributed by atoms with Crippen LogP contribution in [-0.4, -0.2) is 22.7 Å². The Morgan fingerprint density at radius 3 is 1.50 bits per heavy atom. The third kappa shape index (κ3) is 7.63. The molecule has 0 atom stereocenters. The third-order valence-electron chi connectivity index (χ3n) is 2.07. The van der Waals surface area contributed by atoms with Gasteiger partial charge in [-0.3, -0.25) is 0 Å². The lowest BCUT2D eigenvalue weighted by atomic mass is 10.1. The summed E-state index contributed by atoms with van der Waals surface area (Å²) in [5.41, 5.74) is -3.08. The number of hydrogen-bond donors (Lipinski definition) is 0. The lowest BCUT2D eigenvalue weighted by Gasteiger charge is -2.08. The Morgan fingerprint density at radius 2 is 1.27 bits per heavy atom. The van der Waals surface area contributed by atoms with Gasteiger partial charge in [-0.05, 0) is 20.8 Å². The Kier molecular flexibility index (Phi) is 7.15. The van der Waals surface area contributed by atoms with Crippen molar-refractivity contribution in [3.8, 4) is 0 Å². The smallest absolute Gasteiger partial charge is 0.609 e. The van der Waals surface area contributed by atoms with E-state index < -0.39 is 41.0 Å². The van der Waals surface area contributed by atoms with Crippen LogP contribution in [0.15, 0.2) is 12.1 Å².